The summed E-state index contributed by atoms with van der Waals surface area (Å²) in [5.74, 6) is 1.20. The molecule has 1 aliphatic carbocycles. The van der Waals surface area contributed by atoms with Gasteiger partial charge in [0, 0.05) is 19.0 Å². The minimum absolute atomic E-state index is 0.165. The van der Waals surface area contributed by atoms with Crippen LogP contribution < -0.4 is 5.73 Å². The van der Waals surface area contributed by atoms with E-state index in [9.17, 15) is 4.79 Å². The van der Waals surface area contributed by atoms with Crippen molar-refractivity contribution in [3.8, 4) is 0 Å². The van der Waals surface area contributed by atoms with E-state index in [1.54, 1.807) is 0 Å². The van der Waals surface area contributed by atoms with Gasteiger partial charge in [-0.2, -0.15) is 0 Å². The van der Waals surface area contributed by atoms with Crippen LogP contribution in [0.3, 0.4) is 0 Å². The highest BCUT2D eigenvalue weighted by atomic mass is 16.5. The number of carbonyl (C=O) groups is 1. The molecule has 1 heterocycles. The Labute approximate surface area is 110 Å². The van der Waals surface area contributed by atoms with Crippen molar-refractivity contribution in [1.29, 1.82) is 0 Å². The summed E-state index contributed by atoms with van der Waals surface area (Å²) >= 11 is 0. The van der Waals surface area contributed by atoms with E-state index >= 15 is 0 Å². The van der Waals surface area contributed by atoms with Crippen LogP contribution >= 0.6 is 0 Å². The van der Waals surface area contributed by atoms with Gasteiger partial charge in [-0.1, -0.05) is 0 Å². The van der Waals surface area contributed by atoms with Crippen LogP contribution in [0.4, 0.5) is 0 Å². The lowest BCUT2D eigenvalue weighted by Gasteiger charge is -2.38. The first-order valence-electron chi connectivity index (χ1n) is 7.24. The SMILES string of the molecule is C[C@@H]1CN(C(=O)C2CCC(CN)CC2)C[C@H](C)O1. The van der Waals surface area contributed by atoms with Gasteiger partial charge in [-0.3, -0.25) is 4.79 Å². The largest absolute Gasteiger partial charge is 0.372 e. The molecule has 4 nitrogen and oxygen atoms in total. The molecular formula is C14H26N2O2. The number of hydrogen-bond acceptors (Lipinski definition) is 3. The van der Waals surface area contributed by atoms with Crippen LogP contribution in [0.25, 0.3) is 0 Å². The van der Waals surface area contributed by atoms with E-state index in [0.29, 0.717) is 11.8 Å². The van der Waals surface area contributed by atoms with E-state index in [1.165, 1.54) is 0 Å². The summed E-state index contributed by atoms with van der Waals surface area (Å²) in [6.07, 6.45) is 4.59. The number of amides is 1. The van der Waals surface area contributed by atoms with Crippen LogP contribution in [-0.2, 0) is 9.53 Å². The molecule has 2 aliphatic rings. The summed E-state index contributed by atoms with van der Waals surface area (Å²) in [6, 6.07) is 0. The van der Waals surface area contributed by atoms with Gasteiger partial charge >= 0.3 is 0 Å². The molecule has 0 radical (unpaired) electrons. The molecule has 1 saturated heterocycles. The molecule has 1 aliphatic heterocycles. The maximum Gasteiger partial charge on any atom is 0.225 e. The first kappa shape index (κ1) is 13.8. The Kier molecular flexibility index (Phi) is 4.62. The van der Waals surface area contributed by atoms with E-state index in [4.69, 9.17) is 10.5 Å². The zero-order valence-electron chi connectivity index (χ0n) is 11.6. The second-order valence-electron chi connectivity index (χ2n) is 5.95. The van der Waals surface area contributed by atoms with Gasteiger partial charge in [0.05, 0.1) is 12.2 Å². The molecular weight excluding hydrogens is 228 g/mol. The van der Waals surface area contributed by atoms with Crippen molar-refractivity contribution < 1.29 is 9.53 Å². The van der Waals surface area contributed by atoms with Crippen molar-refractivity contribution in [3.05, 3.63) is 0 Å². The molecule has 18 heavy (non-hydrogen) atoms. The van der Waals surface area contributed by atoms with Gasteiger partial charge in [0.1, 0.15) is 0 Å². The summed E-state index contributed by atoms with van der Waals surface area (Å²) < 4.78 is 5.68. The number of morpholine rings is 1. The highest BCUT2D eigenvalue weighted by Crippen LogP contribution is 2.30. The van der Waals surface area contributed by atoms with Crippen LogP contribution in [0, 0.1) is 11.8 Å². The van der Waals surface area contributed by atoms with Crippen LogP contribution in [-0.4, -0.2) is 42.6 Å². The molecule has 0 aromatic carbocycles. The quantitative estimate of drug-likeness (QED) is 0.810. The van der Waals surface area contributed by atoms with Crippen LogP contribution in [0.5, 0.6) is 0 Å². The Morgan fingerprint density at radius 2 is 1.72 bits per heavy atom. The van der Waals surface area contributed by atoms with Crippen molar-refractivity contribution in [3.63, 3.8) is 0 Å². The minimum atomic E-state index is 0.165. The van der Waals surface area contributed by atoms with Gasteiger partial charge in [-0.05, 0) is 52.0 Å². The number of ether oxygens (including phenoxy) is 1. The van der Waals surface area contributed by atoms with Crippen molar-refractivity contribution in [2.45, 2.75) is 51.7 Å². The Morgan fingerprint density at radius 3 is 2.22 bits per heavy atom. The molecule has 0 spiro atoms. The molecule has 2 rings (SSSR count). The summed E-state index contributed by atoms with van der Waals surface area (Å²) in [5.41, 5.74) is 5.69. The van der Waals surface area contributed by atoms with Crippen LogP contribution in [0.2, 0.25) is 0 Å². The number of rotatable bonds is 2. The number of nitrogens with two attached hydrogens (primary N) is 1. The number of carbonyl (C=O) groups excluding carboxylic acids is 1. The van der Waals surface area contributed by atoms with E-state index < -0.39 is 0 Å². The van der Waals surface area contributed by atoms with Crippen LogP contribution in [0.15, 0.2) is 0 Å². The summed E-state index contributed by atoms with van der Waals surface area (Å²) in [6.45, 7) is 6.36. The topological polar surface area (TPSA) is 55.6 Å². The maximum absolute atomic E-state index is 12.5. The first-order valence-corrected chi connectivity index (χ1v) is 7.24. The normalized spacial score (nSPS) is 37.6. The van der Waals surface area contributed by atoms with E-state index in [1.807, 2.05) is 18.7 Å². The molecule has 2 fully saturated rings. The minimum Gasteiger partial charge on any atom is -0.372 e. The van der Waals surface area contributed by atoms with Crippen molar-refractivity contribution >= 4 is 5.91 Å². The molecule has 0 aromatic rings. The lowest BCUT2D eigenvalue weighted by molar-refractivity contribution is -0.148. The van der Waals surface area contributed by atoms with E-state index in [2.05, 4.69) is 0 Å². The van der Waals surface area contributed by atoms with E-state index in [0.717, 1.165) is 45.3 Å². The smallest absolute Gasteiger partial charge is 0.225 e. The van der Waals surface area contributed by atoms with Gasteiger partial charge < -0.3 is 15.4 Å². The third-order valence-corrected chi connectivity index (χ3v) is 4.26. The van der Waals surface area contributed by atoms with Gasteiger partial charge in [-0.15, -0.1) is 0 Å². The maximum atomic E-state index is 12.5. The highest BCUT2D eigenvalue weighted by molar-refractivity contribution is 5.79. The second-order valence-corrected chi connectivity index (χ2v) is 5.95. The van der Waals surface area contributed by atoms with Gasteiger partial charge in [0.2, 0.25) is 5.91 Å². The lowest BCUT2D eigenvalue weighted by Crippen LogP contribution is -2.50. The summed E-state index contributed by atoms with van der Waals surface area (Å²) in [5, 5.41) is 0. The average Bonchev–Trinajstić information content (AvgIpc) is 2.37. The monoisotopic (exact) mass is 254 g/mol. The molecule has 1 saturated carbocycles. The summed E-state index contributed by atoms with van der Waals surface area (Å²) in [4.78, 5) is 14.5. The van der Waals surface area contributed by atoms with Gasteiger partial charge in [0.25, 0.3) is 0 Å². The molecule has 2 atom stereocenters. The van der Waals surface area contributed by atoms with E-state index in [-0.39, 0.29) is 18.1 Å². The fourth-order valence-corrected chi connectivity index (χ4v) is 3.26. The Morgan fingerprint density at radius 1 is 1.17 bits per heavy atom. The predicted octanol–water partition coefficient (Wildman–Crippen LogP) is 1.39. The Balaban J connectivity index is 1.87. The first-order chi connectivity index (χ1) is 8.60. The number of hydrogen-bond donors (Lipinski definition) is 1. The molecule has 4 heteroatoms. The van der Waals surface area contributed by atoms with Crippen LogP contribution in [0.1, 0.15) is 39.5 Å². The van der Waals surface area contributed by atoms with Crippen molar-refractivity contribution in [1.82, 2.24) is 4.90 Å². The Hall–Kier alpha value is -0.610. The second kappa shape index (κ2) is 6.02. The third kappa shape index (κ3) is 3.23. The summed E-state index contributed by atoms with van der Waals surface area (Å²) in [7, 11) is 0. The standard InChI is InChI=1S/C14H26N2O2/c1-10-8-16(9-11(2)18-10)14(17)13-5-3-12(7-15)4-6-13/h10-13H,3-9,15H2,1-2H3/t10-,11+,12?,13?. The average molecular weight is 254 g/mol. The predicted molar refractivity (Wildman–Crippen MR) is 71.1 cm³/mol. The fraction of sp³-hybridized carbons (Fsp3) is 0.929. The zero-order chi connectivity index (χ0) is 13.1. The Bertz CT molecular complexity index is 278. The van der Waals surface area contributed by atoms with Gasteiger partial charge in [0.15, 0.2) is 0 Å². The molecule has 0 aromatic heterocycles. The third-order valence-electron chi connectivity index (χ3n) is 4.26. The molecule has 2 N–H and O–H groups in total. The molecule has 0 unspecified atom stereocenters. The molecule has 104 valence electrons. The van der Waals surface area contributed by atoms with Crippen molar-refractivity contribution in [2.75, 3.05) is 19.6 Å². The molecule has 1 amide bonds. The fourth-order valence-electron chi connectivity index (χ4n) is 3.26. The zero-order valence-corrected chi connectivity index (χ0v) is 11.6. The highest BCUT2D eigenvalue weighted by Gasteiger charge is 2.32. The van der Waals surface area contributed by atoms with Crippen molar-refractivity contribution in [2.24, 2.45) is 17.6 Å². The lowest BCUT2D eigenvalue weighted by atomic mass is 9.81. The number of nitrogens with zero attached hydrogens (tertiary/aromatic N) is 1. The molecule has 0 bridgehead atoms. The van der Waals surface area contributed by atoms with Gasteiger partial charge in [-0.25, -0.2) is 0 Å².